The zero-order valence-corrected chi connectivity index (χ0v) is 17.0. The summed E-state index contributed by atoms with van der Waals surface area (Å²) in [5, 5.41) is 29.0. The van der Waals surface area contributed by atoms with Crippen LogP contribution in [0.2, 0.25) is 0 Å². The van der Waals surface area contributed by atoms with Gasteiger partial charge in [0.2, 0.25) is 5.91 Å². The molecule has 11 heteroatoms. The number of carbonyl (C=O) groups is 1. The highest BCUT2D eigenvalue weighted by Crippen LogP contribution is 2.30. The Labute approximate surface area is 176 Å². The Balaban J connectivity index is 1.81. The van der Waals surface area contributed by atoms with Crippen molar-refractivity contribution in [3.63, 3.8) is 0 Å². The molecule has 0 aliphatic rings. The number of carbonyl (C=O) groups excluding carboxylic acids is 1. The molecule has 0 atom stereocenters. The Morgan fingerprint density at radius 2 is 1.71 bits per heavy atom. The van der Waals surface area contributed by atoms with Crippen LogP contribution in [-0.2, 0) is 11.3 Å². The lowest BCUT2D eigenvalue weighted by atomic mass is 10.2. The Morgan fingerprint density at radius 1 is 1.03 bits per heavy atom. The van der Waals surface area contributed by atoms with E-state index in [0.717, 1.165) is 5.56 Å². The maximum Gasteiger partial charge on any atom is 0.312 e. The number of nitro groups is 2. The maximum atomic E-state index is 12.5. The molecule has 0 unspecified atom stereocenters. The molecule has 0 aliphatic carbocycles. The van der Waals surface area contributed by atoms with Gasteiger partial charge in [0.15, 0.2) is 0 Å². The zero-order valence-electron chi connectivity index (χ0n) is 17.0. The van der Waals surface area contributed by atoms with Crippen LogP contribution in [0, 0.1) is 41.0 Å². The van der Waals surface area contributed by atoms with Gasteiger partial charge in [-0.15, -0.1) is 0 Å². The van der Waals surface area contributed by atoms with Crippen LogP contribution in [0.15, 0.2) is 42.5 Å². The molecule has 3 rings (SSSR count). The summed E-state index contributed by atoms with van der Waals surface area (Å²) in [5.41, 5.74) is 1.19. The molecular formula is C20H19N5O6. The molecule has 1 heterocycles. The number of nitrogens with zero attached hydrogens (tertiary/aromatic N) is 4. The highest BCUT2D eigenvalue weighted by atomic mass is 16.6. The van der Waals surface area contributed by atoms with Crippen LogP contribution in [0.3, 0.4) is 0 Å². The Morgan fingerprint density at radius 3 is 2.29 bits per heavy atom. The molecular weight excluding hydrogens is 406 g/mol. The number of nitro benzene ring substituents is 1. The van der Waals surface area contributed by atoms with Crippen LogP contribution >= 0.6 is 0 Å². The van der Waals surface area contributed by atoms with Crippen molar-refractivity contribution in [1.29, 1.82) is 0 Å². The SMILES string of the molecule is Cc1ccc(Oc2cc(NC(=O)Cn3nc(C)c([N+](=O)[O-])c3C)cc([N+](=O)[O-])c2)cc1. The fourth-order valence-corrected chi connectivity index (χ4v) is 3.00. The van der Waals surface area contributed by atoms with Gasteiger partial charge >= 0.3 is 5.69 Å². The first-order valence-electron chi connectivity index (χ1n) is 9.16. The Bertz CT molecular complexity index is 1170. The molecule has 0 aliphatic heterocycles. The van der Waals surface area contributed by atoms with Crippen LogP contribution in [0.4, 0.5) is 17.1 Å². The summed E-state index contributed by atoms with van der Waals surface area (Å²) in [7, 11) is 0. The van der Waals surface area contributed by atoms with Crippen LogP contribution < -0.4 is 10.1 Å². The molecule has 1 aromatic heterocycles. The predicted molar refractivity (Wildman–Crippen MR) is 111 cm³/mol. The van der Waals surface area contributed by atoms with Gasteiger partial charge in [-0.2, -0.15) is 5.10 Å². The van der Waals surface area contributed by atoms with Crippen molar-refractivity contribution in [2.24, 2.45) is 0 Å². The summed E-state index contributed by atoms with van der Waals surface area (Å²) in [6.45, 7) is 4.60. The molecule has 1 amide bonds. The molecule has 0 fully saturated rings. The average molecular weight is 425 g/mol. The fourth-order valence-electron chi connectivity index (χ4n) is 3.00. The van der Waals surface area contributed by atoms with E-state index in [2.05, 4.69) is 10.4 Å². The van der Waals surface area contributed by atoms with Crippen molar-refractivity contribution in [2.45, 2.75) is 27.3 Å². The van der Waals surface area contributed by atoms with Crippen molar-refractivity contribution >= 4 is 23.0 Å². The minimum Gasteiger partial charge on any atom is -0.457 e. The Hall–Kier alpha value is -4.28. The van der Waals surface area contributed by atoms with Gasteiger partial charge in [-0.05, 0) is 32.9 Å². The molecule has 0 saturated carbocycles. The number of hydrogen-bond acceptors (Lipinski definition) is 7. The largest absolute Gasteiger partial charge is 0.457 e. The first kappa shape index (κ1) is 21.4. The number of aryl methyl sites for hydroxylation is 2. The van der Waals surface area contributed by atoms with Gasteiger partial charge in [0.25, 0.3) is 5.69 Å². The molecule has 0 spiro atoms. The molecule has 31 heavy (non-hydrogen) atoms. The number of amides is 1. The lowest BCUT2D eigenvalue weighted by molar-refractivity contribution is -0.386. The van der Waals surface area contributed by atoms with Crippen molar-refractivity contribution in [2.75, 3.05) is 5.32 Å². The van der Waals surface area contributed by atoms with Crippen LogP contribution in [0.1, 0.15) is 17.0 Å². The zero-order chi connectivity index (χ0) is 22.7. The number of anilines is 1. The van der Waals surface area contributed by atoms with E-state index in [9.17, 15) is 25.0 Å². The average Bonchev–Trinajstić information content (AvgIpc) is 2.96. The van der Waals surface area contributed by atoms with Gasteiger partial charge in [-0.3, -0.25) is 29.7 Å². The normalized spacial score (nSPS) is 10.5. The summed E-state index contributed by atoms with van der Waals surface area (Å²) >= 11 is 0. The molecule has 160 valence electrons. The summed E-state index contributed by atoms with van der Waals surface area (Å²) in [6.07, 6.45) is 0. The summed E-state index contributed by atoms with van der Waals surface area (Å²) in [6, 6.07) is 11.0. The molecule has 0 bridgehead atoms. The smallest absolute Gasteiger partial charge is 0.312 e. The van der Waals surface area contributed by atoms with Crippen molar-refractivity contribution in [3.8, 4) is 11.5 Å². The quantitative estimate of drug-likeness (QED) is 0.444. The number of aromatic nitrogens is 2. The van der Waals surface area contributed by atoms with Crippen molar-refractivity contribution in [1.82, 2.24) is 9.78 Å². The van der Waals surface area contributed by atoms with Crippen LogP contribution in [-0.4, -0.2) is 25.5 Å². The first-order chi connectivity index (χ1) is 14.6. The number of non-ortho nitro benzene ring substituents is 1. The molecule has 0 radical (unpaired) electrons. The number of hydrogen-bond donors (Lipinski definition) is 1. The number of ether oxygens (including phenoxy) is 1. The molecule has 2 aromatic carbocycles. The van der Waals surface area contributed by atoms with E-state index in [0.29, 0.717) is 5.75 Å². The first-order valence-corrected chi connectivity index (χ1v) is 9.16. The number of nitrogens with one attached hydrogen (secondary N) is 1. The van der Waals surface area contributed by atoms with Gasteiger partial charge in [0.05, 0.1) is 21.6 Å². The highest BCUT2D eigenvalue weighted by molar-refractivity contribution is 5.91. The lowest BCUT2D eigenvalue weighted by Gasteiger charge is -2.10. The third-order valence-electron chi connectivity index (χ3n) is 4.46. The van der Waals surface area contributed by atoms with Gasteiger partial charge in [-0.25, -0.2) is 0 Å². The third-order valence-corrected chi connectivity index (χ3v) is 4.46. The Kier molecular flexibility index (Phi) is 5.95. The molecule has 0 saturated heterocycles. The van der Waals surface area contributed by atoms with E-state index >= 15 is 0 Å². The minimum atomic E-state index is -0.595. The van der Waals surface area contributed by atoms with Gasteiger partial charge < -0.3 is 10.1 Å². The molecule has 3 aromatic rings. The standard InChI is InChI=1S/C20H19N5O6/c1-12-4-6-17(7-5-12)31-18-9-15(8-16(10-18)24(27)28)21-19(26)11-23-14(3)20(25(29)30)13(2)22-23/h4-10H,11H2,1-3H3,(H,21,26). The summed E-state index contributed by atoms with van der Waals surface area (Å²) in [5.74, 6) is 0.107. The van der Waals surface area contributed by atoms with E-state index in [1.165, 1.54) is 36.7 Å². The van der Waals surface area contributed by atoms with E-state index < -0.39 is 15.8 Å². The van der Waals surface area contributed by atoms with Gasteiger partial charge in [0, 0.05) is 12.1 Å². The van der Waals surface area contributed by atoms with Crippen molar-refractivity contribution < 1.29 is 19.4 Å². The van der Waals surface area contributed by atoms with Crippen molar-refractivity contribution in [3.05, 3.63) is 79.6 Å². The summed E-state index contributed by atoms with van der Waals surface area (Å²) in [4.78, 5) is 33.7. The van der Waals surface area contributed by atoms with E-state index in [-0.39, 0.29) is 40.7 Å². The van der Waals surface area contributed by atoms with Crippen LogP contribution in [0.25, 0.3) is 0 Å². The summed E-state index contributed by atoms with van der Waals surface area (Å²) < 4.78 is 6.89. The monoisotopic (exact) mass is 425 g/mol. The van der Waals surface area contributed by atoms with E-state index in [1.54, 1.807) is 12.1 Å². The molecule has 11 nitrogen and oxygen atoms in total. The van der Waals surface area contributed by atoms with Crippen LogP contribution in [0.5, 0.6) is 11.5 Å². The third kappa shape index (κ3) is 5.01. The fraction of sp³-hybridized carbons (Fsp3) is 0.200. The lowest BCUT2D eigenvalue weighted by Crippen LogP contribution is -2.20. The topological polar surface area (TPSA) is 142 Å². The second-order valence-corrected chi connectivity index (χ2v) is 6.87. The maximum absolute atomic E-state index is 12.5. The number of rotatable bonds is 7. The predicted octanol–water partition coefficient (Wildman–Crippen LogP) is 4.06. The second-order valence-electron chi connectivity index (χ2n) is 6.87. The van der Waals surface area contributed by atoms with Gasteiger partial charge in [0.1, 0.15) is 29.4 Å². The van der Waals surface area contributed by atoms with E-state index in [4.69, 9.17) is 4.74 Å². The molecule has 1 N–H and O–H groups in total. The number of benzene rings is 2. The second kappa shape index (κ2) is 8.61. The minimum absolute atomic E-state index is 0.150. The van der Waals surface area contributed by atoms with Gasteiger partial charge in [-0.1, -0.05) is 17.7 Å². The van der Waals surface area contributed by atoms with E-state index in [1.807, 2.05) is 19.1 Å². The highest BCUT2D eigenvalue weighted by Gasteiger charge is 2.23.